The fourth-order valence-electron chi connectivity index (χ4n) is 2.35. The normalized spacial score (nSPS) is 22.7. The molecule has 0 bridgehead atoms. The minimum absolute atomic E-state index is 0.265. The number of nitrogens with one attached hydrogen (secondary N) is 1. The third-order valence-corrected chi connectivity index (χ3v) is 3.18. The summed E-state index contributed by atoms with van der Waals surface area (Å²) >= 11 is 0. The second-order valence-electron chi connectivity index (χ2n) is 4.64. The Kier molecular flexibility index (Phi) is 3.93. The highest BCUT2D eigenvalue weighted by Gasteiger charge is 2.30. The molecule has 0 aromatic heterocycles. The van der Waals surface area contributed by atoms with Gasteiger partial charge in [0.2, 0.25) is 0 Å². The van der Waals surface area contributed by atoms with Gasteiger partial charge in [-0.3, -0.25) is 9.69 Å². The topological polar surface area (TPSA) is 52.6 Å². The Morgan fingerprint density at radius 1 is 1.50 bits per heavy atom. The zero-order valence-electron chi connectivity index (χ0n) is 10.3. The predicted molar refractivity (Wildman–Crippen MR) is 65.8 cm³/mol. The maximum Gasteiger partial charge on any atom is 0.325 e. The van der Waals surface area contributed by atoms with E-state index in [1.54, 1.807) is 12.1 Å². The van der Waals surface area contributed by atoms with E-state index >= 15 is 0 Å². The maximum absolute atomic E-state index is 12.9. The van der Waals surface area contributed by atoms with E-state index in [4.69, 9.17) is 0 Å². The van der Waals surface area contributed by atoms with Crippen molar-refractivity contribution in [2.75, 3.05) is 19.6 Å². The first-order valence-corrected chi connectivity index (χ1v) is 6.03. The van der Waals surface area contributed by atoms with Gasteiger partial charge in [-0.25, -0.2) is 4.39 Å². The molecule has 1 fully saturated rings. The van der Waals surface area contributed by atoms with Crippen LogP contribution in [-0.4, -0.2) is 41.7 Å². The van der Waals surface area contributed by atoms with Crippen LogP contribution in [0.1, 0.15) is 18.5 Å². The van der Waals surface area contributed by atoms with E-state index in [2.05, 4.69) is 5.32 Å². The molecule has 1 aliphatic rings. The van der Waals surface area contributed by atoms with E-state index in [0.717, 1.165) is 6.54 Å². The van der Waals surface area contributed by atoms with Crippen LogP contribution in [0.25, 0.3) is 0 Å². The van der Waals surface area contributed by atoms with Gasteiger partial charge in [0.15, 0.2) is 0 Å². The lowest BCUT2D eigenvalue weighted by Crippen LogP contribution is -2.51. The molecule has 2 atom stereocenters. The van der Waals surface area contributed by atoms with Crippen molar-refractivity contribution >= 4 is 5.97 Å². The molecule has 1 aromatic rings. The number of hydrogen-bond acceptors (Lipinski definition) is 3. The van der Waals surface area contributed by atoms with Crippen molar-refractivity contribution in [1.82, 2.24) is 10.2 Å². The van der Waals surface area contributed by atoms with Crippen LogP contribution in [0.5, 0.6) is 0 Å². The average Bonchev–Trinajstić information content (AvgIpc) is 2.32. The van der Waals surface area contributed by atoms with E-state index < -0.39 is 12.0 Å². The largest absolute Gasteiger partial charge is 0.480 e. The van der Waals surface area contributed by atoms with Crippen LogP contribution in [0.15, 0.2) is 24.3 Å². The summed E-state index contributed by atoms with van der Waals surface area (Å²) in [5.74, 6) is -1.24. The minimum Gasteiger partial charge on any atom is -0.480 e. The number of benzene rings is 1. The fraction of sp³-hybridized carbons (Fsp3) is 0.462. The third-order valence-electron chi connectivity index (χ3n) is 3.18. The first-order chi connectivity index (χ1) is 8.58. The first-order valence-electron chi connectivity index (χ1n) is 6.03. The second-order valence-corrected chi connectivity index (χ2v) is 4.64. The summed E-state index contributed by atoms with van der Waals surface area (Å²) < 4.78 is 12.9. The van der Waals surface area contributed by atoms with Gasteiger partial charge in [-0.1, -0.05) is 12.1 Å². The lowest BCUT2D eigenvalue weighted by Gasteiger charge is -2.35. The van der Waals surface area contributed by atoms with E-state index in [1.807, 2.05) is 11.8 Å². The van der Waals surface area contributed by atoms with Crippen LogP contribution in [0, 0.1) is 5.82 Å². The number of piperazine rings is 1. The van der Waals surface area contributed by atoms with Gasteiger partial charge in [0.25, 0.3) is 0 Å². The van der Waals surface area contributed by atoms with Crippen LogP contribution in [0.3, 0.4) is 0 Å². The Bertz CT molecular complexity index is 422. The van der Waals surface area contributed by atoms with Crippen LogP contribution >= 0.6 is 0 Å². The fourth-order valence-corrected chi connectivity index (χ4v) is 2.35. The summed E-state index contributed by atoms with van der Waals surface area (Å²) in [6, 6.07) is 5.26. The molecule has 1 saturated heterocycles. The van der Waals surface area contributed by atoms with Crippen LogP contribution in [0.2, 0.25) is 0 Å². The molecule has 2 unspecified atom stereocenters. The summed E-state index contributed by atoms with van der Waals surface area (Å²) in [4.78, 5) is 13.3. The monoisotopic (exact) mass is 252 g/mol. The highest BCUT2D eigenvalue weighted by Crippen LogP contribution is 2.22. The molecule has 0 spiro atoms. The lowest BCUT2D eigenvalue weighted by atomic mass is 10.0. The number of halogens is 1. The van der Waals surface area contributed by atoms with E-state index in [1.165, 1.54) is 12.1 Å². The van der Waals surface area contributed by atoms with E-state index in [0.29, 0.717) is 18.7 Å². The number of carboxylic acid groups (broad SMARTS) is 1. The Hall–Kier alpha value is -1.46. The molecule has 2 N–H and O–H groups in total. The molecule has 0 aliphatic carbocycles. The molecule has 1 aliphatic heterocycles. The lowest BCUT2D eigenvalue weighted by molar-refractivity contribution is -0.144. The molecular weight excluding hydrogens is 235 g/mol. The van der Waals surface area contributed by atoms with Crippen molar-refractivity contribution in [2.45, 2.75) is 19.0 Å². The molecule has 5 heteroatoms. The Morgan fingerprint density at radius 2 is 2.17 bits per heavy atom. The summed E-state index contributed by atoms with van der Waals surface area (Å²) in [5, 5.41) is 12.7. The van der Waals surface area contributed by atoms with Gasteiger partial charge in [-0.05, 0) is 24.6 Å². The smallest absolute Gasteiger partial charge is 0.325 e. The SMILES string of the molecule is CC1CN(C(C(=O)O)c2ccc(F)cc2)CCN1. The maximum atomic E-state index is 12.9. The van der Waals surface area contributed by atoms with Crippen LogP contribution < -0.4 is 5.32 Å². The standard InChI is InChI=1S/C13H17FN2O2/c1-9-8-16(7-6-15-9)12(13(17)18)10-2-4-11(14)5-3-10/h2-5,9,12,15H,6-8H2,1H3,(H,17,18). The van der Waals surface area contributed by atoms with Gasteiger partial charge >= 0.3 is 5.97 Å². The Labute approximate surface area is 105 Å². The van der Waals surface area contributed by atoms with Crippen molar-refractivity contribution in [3.8, 4) is 0 Å². The summed E-state index contributed by atoms with van der Waals surface area (Å²) in [6.07, 6.45) is 0. The molecule has 2 rings (SSSR count). The number of carboxylic acids is 1. The molecule has 18 heavy (non-hydrogen) atoms. The Morgan fingerprint density at radius 3 is 2.72 bits per heavy atom. The molecule has 1 aromatic carbocycles. The number of aliphatic carboxylic acids is 1. The minimum atomic E-state index is -0.893. The highest BCUT2D eigenvalue weighted by atomic mass is 19.1. The van der Waals surface area contributed by atoms with Crippen molar-refractivity contribution < 1.29 is 14.3 Å². The predicted octanol–water partition coefficient (Wildman–Crippen LogP) is 1.25. The van der Waals surface area contributed by atoms with Crippen LogP contribution in [-0.2, 0) is 4.79 Å². The van der Waals surface area contributed by atoms with Crippen molar-refractivity contribution in [2.24, 2.45) is 0 Å². The zero-order valence-corrected chi connectivity index (χ0v) is 10.3. The average molecular weight is 252 g/mol. The Balaban J connectivity index is 2.22. The molecule has 0 radical (unpaired) electrons. The van der Waals surface area contributed by atoms with Crippen molar-refractivity contribution in [3.05, 3.63) is 35.6 Å². The zero-order chi connectivity index (χ0) is 13.1. The number of nitrogens with zero attached hydrogens (tertiary/aromatic N) is 1. The summed E-state index contributed by atoms with van der Waals surface area (Å²) in [6.45, 7) is 4.15. The van der Waals surface area contributed by atoms with Crippen LogP contribution in [0.4, 0.5) is 4.39 Å². The molecule has 4 nitrogen and oxygen atoms in total. The third kappa shape index (κ3) is 2.86. The van der Waals surface area contributed by atoms with Gasteiger partial charge in [0.1, 0.15) is 11.9 Å². The quantitative estimate of drug-likeness (QED) is 0.850. The van der Waals surface area contributed by atoms with Crippen molar-refractivity contribution in [3.63, 3.8) is 0 Å². The molecular formula is C13H17FN2O2. The van der Waals surface area contributed by atoms with Gasteiger partial charge in [-0.2, -0.15) is 0 Å². The summed E-state index contributed by atoms with van der Waals surface area (Å²) in [5.41, 5.74) is 0.623. The van der Waals surface area contributed by atoms with Gasteiger partial charge in [0, 0.05) is 25.7 Å². The second kappa shape index (κ2) is 5.46. The molecule has 0 amide bonds. The van der Waals surface area contributed by atoms with E-state index in [9.17, 15) is 14.3 Å². The van der Waals surface area contributed by atoms with Gasteiger partial charge < -0.3 is 10.4 Å². The number of hydrogen-bond donors (Lipinski definition) is 2. The molecule has 98 valence electrons. The van der Waals surface area contributed by atoms with Crippen molar-refractivity contribution in [1.29, 1.82) is 0 Å². The van der Waals surface area contributed by atoms with Gasteiger partial charge in [-0.15, -0.1) is 0 Å². The highest BCUT2D eigenvalue weighted by molar-refractivity contribution is 5.75. The molecule has 1 heterocycles. The first kappa shape index (κ1) is 13.0. The number of carbonyl (C=O) groups is 1. The number of rotatable bonds is 3. The molecule has 0 saturated carbocycles. The van der Waals surface area contributed by atoms with Gasteiger partial charge in [0.05, 0.1) is 0 Å². The summed E-state index contributed by atoms with van der Waals surface area (Å²) in [7, 11) is 0. The van der Waals surface area contributed by atoms with E-state index in [-0.39, 0.29) is 11.9 Å².